The fourth-order valence-corrected chi connectivity index (χ4v) is 1.67. The first kappa shape index (κ1) is 8.24. The summed E-state index contributed by atoms with van der Waals surface area (Å²) < 4.78 is 0. The fraction of sp³-hybridized carbons (Fsp3) is 0.250. The van der Waals surface area contributed by atoms with E-state index in [1.54, 1.807) is 0 Å². The Kier molecular flexibility index (Phi) is 2.26. The van der Waals surface area contributed by atoms with Crippen molar-refractivity contribution in [3.05, 3.63) is 48.0 Å². The maximum absolute atomic E-state index is 11.8. The quantitative estimate of drug-likeness (QED) is 0.495. The van der Waals surface area contributed by atoms with Crippen molar-refractivity contribution in [2.24, 2.45) is 5.92 Å². The van der Waals surface area contributed by atoms with Crippen molar-refractivity contribution in [1.29, 1.82) is 0 Å². The standard InChI is InChI=1S/C12H12O/c13-12(11-8-4-5-9-11)10-6-2-1-3-7-10/h1-7,11H,8-9H2. The smallest absolute Gasteiger partial charge is 0.166 e. The predicted octanol–water partition coefficient (Wildman–Crippen LogP) is 2.84. The van der Waals surface area contributed by atoms with E-state index in [0.717, 1.165) is 18.4 Å². The molecule has 0 unspecified atom stereocenters. The number of Topliss-reactive ketones (excluding diaryl/α,β-unsaturated/α-hetero) is 1. The molecular weight excluding hydrogens is 160 g/mol. The van der Waals surface area contributed by atoms with Crippen LogP contribution in [0.3, 0.4) is 0 Å². The first-order valence-electron chi connectivity index (χ1n) is 4.62. The van der Waals surface area contributed by atoms with E-state index in [4.69, 9.17) is 0 Å². The Bertz CT molecular complexity index is 316. The minimum atomic E-state index is 0.197. The van der Waals surface area contributed by atoms with E-state index in [1.165, 1.54) is 0 Å². The van der Waals surface area contributed by atoms with Gasteiger partial charge in [0.2, 0.25) is 0 Å². The van der Waals surface area contributed by atoms with Gasteiger partial charge in [-0.25, -0.2) is 0 Å². The molecule has 0 saturated heterocycles. The third-order valence-corrected chi connectivity index (χ3v) is 2.44. The second kappa shape index (κ2) is 3.56. The van der Waals surface area contributed by atoms with Gasteiger partial charge in [-0.3, -0.25) is 4.79 Å². The summed E-state index contributed by atoms with van der Waals surface area (Å²) >= 11 is 0. The Hall–Kier alpha value is -1.37. The molecule has 13 heavy (non-hydrogen) atoms. The van der Waals surface area contributed by atoms with Crippen LogP contribution in [0.25, 0.3) is 0 Å². The van der Waals surface area contributed by atoms with Crippen LogP contribution in [0.4, 0.5) is 0 Å². The molecule has 0 fully saturated rings. The minimum absolute atomic E-state index is 0.197. The first-order chi connectivity index (χ1) is 6.38. The number of hydrogen-bond acceptors (Lipinski definition) is 1. The molecule has 0 radical (unpaired) electrons. The molecule has 1 aliphatic carbocycles. The number of hydrogen-bond donors (Lipinski definition) is 0. The van der Waals surface area contributed by atoms with Crippen LogP contribution in [-0.2, 0) is 0 Å². The largest absolute Gasteiger partial charge is 0.294 e. The molecule has 0 heterocycles. The second-order valence-corrected chi connectivity index (χ2v) is 3.37. The molecule has 0 bridgehead atoms. The van der Waals surface area contributed by atoms with Crippen LogP contribution in [0, 0.1) is 5.92 Å². The molecule has 0 amide bonds. The van der Waals surface area contributed by atoms with Gasteiger partial charge in [0.15, 0.2) is 5.78 Å². The van der Waals surface area contributed by atoms with E-state index in [2.05, 4.69) is 12.2 Å². The van der Waals surface area contributed by atoms with Crippen molar-refractivity contribution in [2.75, 3.05) is 0 Å². The summed E-state index contributed by atoms with van der Waals surface area (Å²) in [6.07, 6.45) is 6.00. The van der Waals surface area contributed by atoms with Crippen molar-refractivity contribution in [3.8, 4) is 0 Å². The van der Waals surface area contributed by atoms with Crippen molar-refractivity contribution in [1.82, 2.24) is 0 Å². The zero-order chi connectivity index (χ0) is 9.10. The van der Waals surface area contributed by atoms with Crippen LogP contribution in [0.15, 0.2) is 42.5 Å². The maximum atomic E-state index is 11.8. The molecule has 66 valence electrons. The molecule has 0 aliphatic heterocycles. The number of allylic oxidation sites excluding steroid dienone is 2. The van der Waals surface area contributed by atoms with Gasteiger partial charge in [0.25, 0.3) is 0 Å². The molecule has 1 heteroatoms. The maximum Gasteiger partial charge on any atom is 0.166 e. The number of carbonyl (C=O) groups is 1. The van der Waals surface area contributed by atoms with Crippen LogP contribution in [0.5, 0.6) is 0 Å². The van der Waals surface area contributed by atoms with E-state index in [-0.39, 0.29) is 11.7 Å². The van der Waals surface area contributed by atoms with E-state index >= 15 is 0 Å². The Balaban J connectivity index is 2.14. The molecular formula is C12H12O. The molecule has 1 aromatic carbocycles. The van der Waals surface area contributed by atoms with Gasteiger partial charge in [-0.2, -0.15) is 0 Å². The van der Waals surface area contributed by atoms with Gasteiger partial charge in [0, 0.05) is 11.5 Å². The first-order valence-corrected chi connectivity index (χ1v) is 4.62. The average molecular weight is 172 g/mol. The van der Waals surface area contributed by atoms with Crippen LogP contribution < -0.4 is 0 Å². The zero-order valence-electron chi connectivity index (χ0n) is 7.44. The third kappa shape index (κ3) is 1.69. The lowest BCUT2D eigenvalue weighted by atomic mass is 9.96. The van der Waals surface area contributed by atoms with E-state index in [9.17, 15) is 4.79 Å². The minimum Gasteiger partial charge on any atom is -0.294 e. The highest BCUT2D eigenvalue weighted by Gasteiger charge is 2.19. The molecule has 1 aromatic rings. The molecule has 0 aromatic heterocycles. The number of rotatable bonds is 2. The molecule has 0 atom stereocenters. The van der Waals surface area contributed by atoms with Gasteiger partial charge in [-0.1, -0.05) is 42.5 Å². The lowest BCUT2D eigenvalue weighted by molar-refractivity contribution is 0.0926. The van der Waals surface area contributed by atoms with Crippen molar-refractivity contribution >= 4 is 5.78 Å². The van der Waals surface area contributed by atoms with Gasteiger partial charge in [0.05, 0.1) is 0 Å². The van der Waals surface area contributed by atoms with Crippen LogP contribution in [-0.4, -0.2) is 5.78 Å². The number of carbonyl (C=O) groups excluding carboxylic acids is 1. The van der Waals surface area contributed by atoms with Gasteiger partial charge in [-0.15, -0.1) is 0 Å². The highest BCUT2D eigenvalue weighted by Crippen LogP contribution is 2.22. The summed E-state index contributed by atoms with van der Waals surface area (Å²) in [5, 5.41) is 0. The van der Waals surface area contributed by atoms with Gasteiger partial charge < -0.3 is 0 Å². The lowest BCUT2D eigenvalue weighted by Crippen LogP contribution is -2.10. The average Bonchev–Trinajstić information content (AvgIpc) is 2.71. The van der Waals surface area contributed by atoms with E-state index in [0.29, 0.717) is 0 Å². The molecule has 0 N–H and O–H groups in total. The summed E-state index contributed by atoms with van der Waals surface area (Å²) in [6, 6.07) is 9.54. The van der Waals surface area contributed by atoms with Crippen LogP contribution in [0.2, 0.25) is 0 Å². The van der Waals surface area contributed by atoms with Gasteiger partial charge >= 0.3 is 0 Å². The zero-order valence-corrected chi connectivity index (χ0v) is 7.44. The predicted molar refractivity (Wildman–Crippen MR) is 52.6 cm³/mol. The lowest BCUT2D eigenvalue weighted by Gasteiger charge is -2.06. The van der Waals surface area contributed by atoms with Crippen molar-refractivity contribution in [3.63, 3.8) is 0 Å². The molecule has 1 aliphatic rings. The highest BCUT2D eigenvalue weighted by atomic mass is 16.1. The number of benzene rings is 1. The summed E-state index contributed by atoms with van der Waals surface area (Å²) in [4.78, 5) is 11.8. The molecule has 0 saturated carbocycles. The number of ketones is 1. The second-order valence-electron chi connectivity index (χ2n) is 3.37. The normalized spacial score (nSPS) is 16.3. The Morgan fingerprint density at radius 1 is 1.08 bits per heavy atom. The Morgan fingerprint density at radius 3 is 2.31 bits per heavy atom. The van der Waals surface area contributed by atoms with Crippen molar-refractivity contribution in [2.45, 2.75) is 12.8 Å². The third-order valence-electron chi connectivity index (χ3n) is 2.44. The molecule has 1 nitrogen and oxygen atoms in total. The highest BCUT2D eigenvalue weighted by molar-refractivity contribution is 5.98. The Morgan fingerprint density at radius 2 is 1.69 bits per heavy atom. The van der Waals surface area contributed by atoms with E-state index in [1.807, 2.05) is 30.3 Å². The van der Waals surface area contributed by atoms with E-state index < -0.39 is 0 Å². The SMILES string of the molecule is O=C(c1ccccc1)C1CC=CC1. The van der Waals surface area contributed by atoms with Gasteiger partial charge in [-0.05, 0) is 12.8 Å². The topological polar surface area (TPSA) is 17.1 Å². The fourth-order valence-electron chi connectivity index (χ4n) is 1.67. The monoisotopic (exact) mass is 172 g/mol. The van der Waals surface area contributed by atoms with Crippen molar-refractivity contribution < 1.29 is 4.79 Å². The van der Waals surface area contributed by atoms with Crippen LogP contribution in [0.1, 0.15) is 23.2 Å². The molecule has 0 spiro atoms. The summed E-state index contributed by atoms with van der Waals surface area (Å²) in [6.45, 7) is 0. The molecule has 2 rings (SSSR count). The van der Waals surface area contributed by atoms with Crippen LogP contribution >= 0.6 is 0 Å². The Labute approximate surface area is 78.1 Å². The summed E-state index contributed by atoms with van der Waals surface area (Å²) in [5.74, 6) is 0.480. The summed E-state index contributed by atoms with van der Waals surface area (Å²) in [7, 11) is 0. The summed E-state index contributed by atoms with van der Waals surface area (Å²) in [5.41, 5.74) is 0.844. The van der Waals surface area contributed by atoms with Gasteiger partial charge in [0.1, 0.15) is 0 Å².